The van der Waals surface area contributed by atoms with Crippen molar-refractivity contribution in [3.8, 4) is 5.69 Å². The molecule has 0 bridgehead atoms. The topological polar surface area (TPSA) is 68.0 Å². The number of carboxylic acids is 1. The van der Waals surface area contributed by atoms with Gasteiger partial charge in [0.15, 0.2) is 0 Å². The molecule has 0 saturated heterocycles. The minimum Gasteiger partial charge on any atom is -0.475 e. The molecule has 2 rings (SSSR count). The number of aromatic nitrogens is 3. The Morgan fingerprint density at radius 3 is 2.83 bits per heavy atom. The maximum atomic E-state index is 13.4. The third kappa shape index (κ3) is 2.26. The van der Waals surface area contributed by atoms with Crippen LogP contribution in [0.15, 0.2) is 22.7 Å². The lowest BCUT2D eigenvalue weighted by molar-refractivity contribution is 0.0683. The van der Waals surface area contributed by atoms with Gasteiger partial charge in [0.05, 0.1) is 10.2 Å². The lowest BCUT2D eigenvalue weighted by atomic mass is 10.3. The number of halogens is 2. The fraction of sp³-hybridized carbons (Fsp3) is 0.182. The van der Waals surface area contributed by atoms with Crippen LogP contribution >= 0.6 is 15.9 Å². The van der Waals surface area contributed by atoms with E-state index in [-0.39, 0.29) is 5.82 Å². The smallest absolute Gasteiger partial charge is 0.375 e. The largest absolute Gasteiger partial charge is 0.475 e. The first-order chi connectivity index (χ1) is 8.52. The number of aromatic carboxylic acids is 1. The summed E-state index contributed by atoms with van der Waals surface area (Å²) in [4.78, 5) is 14.7. The van der Waals surface area contributed by atoms with Crippen LogP contribution in [0.3, 0.4) is 0 Å². The van der Waals surface area contributed by atoms with Crippen LogP contribution in [-0.4, -0.2) is 25.8 Å². The molecular weight excluding hydrogens is 305 g/mol. The van der Waals surface area contributed by atoms with Crippen LogP contribution in [0.1, 0.15) is 23.4 Å². The number of aryl methyl sites for hydroxylation is 1. The molecule has 0 fully saturated rings. The molecule has 2 aromatic rings. The van der Waals surface area contributed by atoms with Crippen LogP contribution in [0, 0.1) is 5.82 Å². The van der Waals surface area contributed by atoms with Gasteiger partial charge in [0.1, 0.15) is 11.6 Å². The predicted molar refractivity (Wildman–Crippen MR) is 65.4 cm³/mol. The summed E-state index contributed by atoms with van der Waals surface area (Å²) in [6.07, 6.45) is 0.498. The molecule has 0 spiro atoms. The second kappa shape index (κ2) is 4.85. The average molecular weight is 314 g/mol. The predicted octanol–water partition coefficient (Wildman–Crippen LogP) is 2.43. The number of nitrogens with zero attached hydrogens (tertiary/aromatic N) is 3. The van der Waals surface area contributed by atoms with Crippen LogP contribution in [0.4, 0.5) is 4.39 Å². The molecule has 1 heterocycles. The number of carbonyl (C=O) groups is 1. The van der Waals surface area contributed by atoms with Crippen molar-refractivity contribution in [1.82, 2.24) is 14.8 Å². The second-order valence-corrected chi connectivity index (χ2v) is 4.37. The molecule has 0 unspecified atom stereocenters. The molecule has 0 atom stereocenters. The van der Waals surface area contributed by atoms with Gasteiger partial charge >= 0.3 is 5.97 Å². The number of carboxylic acid groups (broad SMARTS) is 1. The summed E-state index contributed by atoms with van der Waals surface area (Å²) in [5, 5.41) is 12.7. The highest BCUT2D eigenvalue weighted by atomic mass is 79.9. The van der Waals surface area contributed by atoms with Crippen molar-refractivity contribution in [3.63, 3.8) is 0 Å². The van der Waals surface area contributed by atoms with Gasteiger partial charge in [-0.2, -0.15) is 0 Å². The Morgan fingerprint density at radius 1 is 1.56 bits per heavy atom. The van der Waals surface area contributed by atoms with Gasteiger partial charge in [0, 0.05) is 12.5 Å². The van der Waals surface area contributed by atoms with Crippen LogP contribution in [-0.2, 0) is 6.42 Å². The monoisotopic (exact) mass is 313 g/mol. The standard InChI is InChI=1S/C11H9BrFN3O2/c1-2-9-14-10(11(17)18)15-16(9)6-3-4-7(12)8(13)5-6/h3-5H,2H2,1H3,(H,17,18). The van der Waals surface area contributed by atoms with E-state index in [9.17, 15) is 9.18 Å². The minimum atomic E-state index is -1.21. The summed E-state index contributed by atoms with van der Waals surface area (Å²) in [6, 6.07) is 4.43. The van der Waals surface area contributed by atoms with Gasteiger partial charge in [-0.1, -0.05) is 6.92 Å². The van der Waals surface area contributed by atoms with Gasteiger partial charge in [-0.3, -0.25) is 0 Å². The van der Waals surface area contributed by atoms with Crippen LogP contribution in [0.25, 0.3) is 5.69 Å². The fourth-order valence-electron chi connectivity index (χ4n) is 1.49. The highest BCUT2D eigenvalue weighted by Gasteiger charge is 2.15. The minimum absolute atomic E-state index is 0.296. The lowest BCUT2D eigenvalue weighted by Crippen LogP contribution is -2.03. The van der Waals surface area contributed by atoms with Crippen molar-refractivity contribution in [2.24, 2.45) is 0 Å². The highest BCUT2D eigenvalue weighted by molar-refractivity contribution is 9.10. The lowest BCUT2D eigenvalue weighted by Gasteiger charge is -2.04. The summed E-state index contributed by atoms with van der Waals surface area (Å²) < 4.78 is 15.1. The number of hydrogen-bond donors (Lipinski definition) is 1. The third-order valence-electron chi connectivity index (χ3n) is 2.33. The maximum absolute atomic E-state index is 13.4. The van der Waals surface area contributed by atoms with Crippen molar-refractivity contribution in [2.75, 3.05) is 0 Å². The molecule has 5 nitrogen and oxygen atoms in total. The highest BCUT2D eigenvalue weighted by Crippen LogP contribution is 2.19. The zero-order chi connectivity index (χ0) is 13.3. The van der Waals surface area contributed by atoms with E-state index >= 15 is 0 Å². The van der Waals surface area contributed by atoms with Gasteiger partial charge in [-0.25, -0.2) is 18.9 Å². The molecule has 0 aliphatic rings. The average Bonchev–Trinajstić information content (AvgIpc) is 2.77. The normalized spacial score (nSPS) is 10.6. The Hall–Kier alpha value is -1.76. The van der Waals surface area contributed by atoms with Gasteiger partial charge in [-0.15, -0.1) is 5.10 Å². The summed E-state index contributed by atoms with van der Waals surface area (Å²) in [5.74, 6) is -1.48. The molecule has 7 heteroatoms. The van der Waals surface area contributed by atoms with E-state index in [1.54, 1.807) is 6.07 Å². The molecule has 94 valence electrons. The van der Waals surface area contributed by atoms with Gasteiger partial charge in [-0.05, 0) is 28.1 Å². The Bertz CT molecular complexity index is 612. The fourth-order valence-corrected chi connectivity index (χ4v) is 1.73. The molecule has 0 saturated carbocycles. The number of hydrogen-bond acceptors (Lipinski definition) is 3. The Balaban J connectivity index is 2.55. The van der Waals surface area contributed by atoms with Crippen molar-refractivity contribution in [2.45, 2.75) is 13.3 Å². The first kappa shape index (κ1) is 12.7. The molecule has 18 heavy (non-hydrogen) atoms. The summed E-state index contributed by atoms with van der Waals surface area (Å²) in [5.41, 5.74) is 0.438. The van der Waals surface area contributed by atoms with E-state index in [1.807, 2.05) is 6.92 Å². The summed E-state index contributed by atoms with van der Waals surface area (Å²) in [7, 11) is 0. The molecule has 1 N–H and O–H groups in total. The zero-order valence-electron chi connectivity index (χ0n) is 9.39. The first-order valence-corrected chi connectivity index (χ1v) is 5.97. The second-order valence-electron chi connectivity index (χ2n) is 3.52. The molecule has 1 aromatic heterocycles. The van der Waals surface area contributed by atoms with Crippen LogP contribution < -0.4 is 0 Å². The van der Waals surface area contributed by atoms with E-state index in [4.69, 9.17) is 5.11 Å². The van der Waals surface area contributed by atoms with Crippen molar-refractivity contribution in [3.05, 3.63) is 40.1 Å². The van der Waals surface area contributed by atoms with Crippen LogP contribution in [0.2, 0.25) is 0 Å². The zero-order valence-corrected chi connectivity index (χ0v) is 11.0. The molecule has 1 aromatic carbocycles. The van der Waals surface area contributed by atoms with E-state index in [0.717, 1.165) is 0 Å². The quantitative estimate of drug-likeness (QED) is 0.945. The number of benzene rings is 1. The Kier molecular flexibility index (Phi) is 3.42. The van der Waals surface area contributed by atoms with Gasteiger partial charge in [0.25, 0.3) is 5.82 Å². The molecular formula is C11H9BrFN3O2. The maximum Gasteiger partial charge on any atom is 0.375 e. The molecule has 0 radical (unpaired) electrons. The van der Waals surface area contributed by atoms with Crippen molar-refractivity contribution in [1.29, 1.82) is 0 Å². The van der Waals surface area contributed by atoms with Crippen LogP contribution in [0.5, 0.6) is 0 Å². The first-order valence-electron chi connectivity index (χ1n) is 5.17. The van der Waals surface area contributed by atoms with Gasteiger partial charge < -0.3 is 5.11 Å². The van der Waals surface area contributed by atoms with Crippen molar-refractivity contribution >= 4 is 21.9 Å². The SMILES string of the molecule is CCc1nc(C(=O)O)nn1-c1ccc(Br)c(F)c1. The summed E-state index contributed by atoms with van der Waals surface area (Å²) >= 11 is 3.05. The van der Waals surface area contributed by atoms with E-state index in [1.165, 1.54) is 16.8 Å². The van der Waals surface area contributed by atoms with E-state index in [2.05, 4.69) is 26.0 Å². The molecule has 0 amide bonds. The van der Waals surface area contributed by atoms with Gasteiger partial charge in [0.2, 0.25) is 0 Å². The Morgan fingerprint density at radius 2 is 2.28 bits per heavy atom. The number of rotatable bonds is 3. The van der Waals surface area contributed by atoms with E-state index < -0.39 is 11.8 Å². The molecule has 0 aliphatic carbocycles. The summed E-state index contributed by atoms with van der Waals surface area (Å²) in [6.45, 7) is 1.82. The molecule has 0 aliphatic heterocycles. The Labute approximate surface area is 110 Å². The van der Waals surface area contributed by atoms with E-state index in [0.29, 0.717) is 22.4 Å². The van der Waals surface area contributed by atoms with Crippen molar-refractivity contribution < 1.29 is 14.3 Å². The third-order valence-corrected chi connectivity index (χ3v) is 2.97.